The van der Waals surface area contributed by atoms with E-state index in [9.17, 15) is 4.79 Å². The topological polar surface area (TPSA) is 59.8 Å². The number of benzene rings is 3. The number of aromatic nitrogens is 3. The molecule has 0 aliphatic rings. The first-order valence-electron chi connectivity index (χ1n) is 9.88. The SMILES string of the molecule is Cc1cccc(-n2c(SCC(=O)Nc3cc(Cl)ccc3C)nnc2-c2ccc(Cl)cc2)c1. The van der Waals surface area contributed by atoms with Crippen LogP contribution in [0.5, 0.6) is 0 Å². The second-order valence-corrected chi connectivity index (χ2v) is 9.10. The van der Waals surface area contributed by atoms with Crippen molar-refractivity contribution in [1.29, 1.82) is 0 Å². The van der Waals surface area contributed by atoms with Gasteiger partial charge in [-0.15, -0.1) is 10.2 Å². The molecule has 1 heterocycles. The van der Waals surface area contributed by atoms with E-state index in [1.165, 1.54) is 11.8 Å². The molecule has 0 fully saturated rings. The highest BCUT2D eigenvalue weighted by atomic mass is 35.5. The fourth-order valence-corrected chi connectivity index (χ4v) is 4.24. The molecule has 0 aliphatic carbocycles. The first-order chi connectivity index (χ1) is 15.4. The third kappa shape index (κ3) is 5.15. The zero-order chi connectivity index (χ0) is 22.7. The lowest BCUT2D eigenvalue weighted by Crippen LogP contribution is -2.15. The predicted molar refractivity (Wildman–Crippen MR) is 132 cm³/mol. The summed E-state index contributed by atoms with van der Waals surface area (Å²) >= 11 is 13.4. The molecular formula is C24H20Cl2N4OS. The number of hydrogen-bond acceptors (Lipinski definition) is 4. The zero-order valence-electron chi connectivity index (χ0n) is 17.5. The molecule has 0 unspecified atom stereocenters. The van der Waals surface area contributed by atoms with Gasteiger partial charge < -0.3 is 5.32 Å². The number of halogens is 2. The van der Waals surface area contributed by atoms with Crippen molar-refractivity contribution in [2.45, 2.75) is 19.0 Å². The smallest absolute Gasteiger partial charge is 0.234 e. The van der Waals surface area contributed by atoms with Crippen LogP contribution in [0.3, 0.4) is 0 Å². The minimum atomic E-state index is -0.146. The third-order valence-corrected chi connectivity index (χ3v) is 6.22. The highest BCUT2D eigenvalue weighted by Gasteiger charge is 2.18. The van der Waals surface area contributed by atoms with E-state index < -0.39 is 0 Å². The van der Waals surface area contributed by atoms with Crippen LogP contribution in [0.1, 0.15) is 11.1 Å². The van der Waals surface area contributed by atoms with Gasteiger partial charge in [0, 0.05) is 27.0 Å². The lowest BCUT2D eigenvalue weighted by molar-refractivity contribution is -0.113. The van der Waals surface area contributed by atoms with Gasteiger partial charge >= 0.3 is 0 Å². The average molecular weight is 483 g/mol. The van der Waals surface area contributed by atoms with Crippen molar-refractivity contribution >= 4 is 46.6 Å². The van der Waals surface area contributed by atoms with Crippen LogP contribution in [-0.4, -0.2) is 26.4 Å². The summed E-state index contributed by atoms with van der Waals surface area (Å²) in [6, 6.07) is 20.9. The number of hydrogen-bond donors (Lipinski definition) is 1. The first-order valence-corrected chi connectivity index (χ1v) is 11.6. The molecule has 0 aliphatic heterocycles. The Morgan fingerprint density at radius 3 is 2.47 bits per heavy atom. The Balaban J connectivity index is 1.61. The van der Waals surface area contributed by atoms with E-state index in [1.807, 2.05) is 66.9 Å². The molecular weight excluding hydrogens is 463 g/mol. The van der Waals surface area contributed by atoms with Crippen LogP contribution in [0.25, 0.3) is 17.1 Å². The number of amides is 1. The fourth-order valence-electron chi connectivity index (χ4n) is 3.19. The largest absolute Gasteiger partial charge is 0.325 e. The first kappa shape index (κ1) is 22.4. The summed E-state index contributed by atoms with van der Waals surface area (Å²) < 4.78 is 1.96. The van der Waals surface area contributed by atoms with Crippen molar-refractivity contribution in [3.05, 3.63) is 87.9 Å². The normalized spacial score (nSPS) is 10.9. The molecule has 5 nitrogen and oxygen atoms in total. The van der Waals surface area contributed by atoms with Crippen LogP contribution >= 0.6 is 35.0 Å². The molecule has 1 aromatic heterocycles. The van der Waals surface area contributed by atoms with Crippen molar-refractivity contribution in [1.82, 2.24) is 14.8 Å². The molecule has 162 valence electrons. The summed E-state index contributed by atoms with van der Waals surface area (Å²) in [4.78, 5) is 12.6. The van der Waals surface area contributed by atoms with Crippen LogP contribution < -0.4 is 5.32 Å². The second-order valence-electron chi connectivity index (χ2n) is 7.28. The lowest BCUT2D eigenvalue weighted by atomic mass is 10.2. The van der Waals surface area contributed by atoms with Crippen LogP contribution in [-0.2, 0) is 4.79 Å². The van der Waals surface area contributed by atoms with Gasteiger partial charge in [0.15, 0.2) is 11.0 Å². The minimum Gasteiger partial charge on any atom is -0.325 e. The number of nitrogens with one attached hydrogen (secondary N) is 1. The number of carbonyl (C=O) groups excluding carboxylic acids is 1. The van der Waals surface area contributed by atoms with Crippen LogP contribution in [0.4, 0.5) is 5.69 Å². The second kappa shape index (κ2) is 9.77. The standard InChI is InChI=1S/C24H20Cl2N4OS/c1-15-4-3-5-20(12-15)30-23(17-7-10-18(25)11-8-17)28-29-24(30)32-14-22(31)27-21-13-19(26)9-6-16(21)2/h3-13H,14H2,1-2H3,(H,27,31). The summed E-state index contributed by atoms with van der Waals surface area (Å²) in [5.41, 5.74) is 4.57. The van der Waals surface area contributed by atoms with Crippen molar-refractivity contribution in [3.8, 4) is 17.1 Å². The number of nitrogens with zero attached hydrogens (tertiary/aromatic N) is 3. The Hall–Kier alpha value is -2.80. The summed E-state index contributed by atoms with van der Waals surface area (Å²) in [6.45, 7) is 3.95. The minimum absolute atomic E-state index is 0.146. The predicted octanol–water partition coefficient (Wildman–Crippen LogP) is 6.59. The highest BCUT2D eigenvalue weighted by Crippen LogP contribution is 2.29. The van der Waals surface area contributed by atoms with Crippen molar-refractivity contribution < 1.29 is 4.79 Å². The van der Waals surface area contributed by atoms with Gasteiger partial charge in [0.2, 0.25) is 5.91 Å². The van der Waals surface area contributed by atoms with E-state index in [0.29, 0.717) is 26.7 Å². The Morgan fingerprint density at radius 2 is 1.72 bits per heavy atom. The Bertz CT molecular complexity index is 1270. The van der Waals surface area contributed by atoms with Crippen LogP contribution in [0.2, 0.25) is 10.0 Å². The lowest BCUT2D eigenvalue weighted by Gasteiger charge is -2.12. The van der Waals surface area contributed by atoms with Crippen LogP contribution in [0, 0.1) is 13.8 Å². The van der Waals surface area contributed by atoms with Gasteiger partial charge in [-0.05, 0) is 73.5 Å². The van der Waals surface area contributed by atoms with Gasteiger partial charge in [0.1, 0.15) is 0 Å². The van der Waals surface area contributed by atoms with Crippen molar-refractivity contribution in [3.63, 3.8) is 0 Å². The molecule has 0 spiro atoms. The Labute approximate surface area is 200 Å². The van der Waals surface area contributed by atoms with Gasteiger partial charge in [0.25, 0.3) is 0 Å². The Kier molecular flexibility index (Phi) is 6.84. The quantitative estimate of drug-likeness (QED) is 0.315. The van der Waals surface area contributed by atoms with Crippen LogP contribution in [0.15, 0.2) is 71.9 Å². The van der Waals surface area contributed by atoms with Gasteiger partial charge in [-0.3, -0.25) is 9.36 Å². The molecule has 8 heteroatoms. The summed E-state index contributed by atoms with van der Waals surface area (Å²) in [5, 5.41) is 13.6. The van der Waals surface area contributed by atoms with Crippen molar-refractivity contribution in [2.75, 3.05) is 11.1 Å². The van der Waals surface area contributed by atoms with Crippen molar-refractivity contribution in [2.24, 2.45) is 0 Å². The number of thioether (sulfide) groups is 1. The number of rotatable bonds is 6. The molecule has 32 heavy (non-hydrogen) atoms. The van der Waals surface area contributed by atoms with E-state index >= 15 is 0 Å². The number of anilines is 1. The van der Waals surface area contributed by atoms with Gasteiger partial charge in [-0.2, -0.15) is 0 Å². The molecule has 0 saturated carbocycles. The fraction of sp³-hybridized carbons (Fsp3) is 0.125. The molecule has 0 atom stereocenters. The van der Waals surface area contributed by atoms with E-state index in [2.05, 4.69) is 21.6 Å². The number of aryl methyl sites for hydroxylation is 2. The summed E-state index contributed by atoms with van der Waals surface area (Å²) in [5.74, 6) is 0.712. The average Bonchev–Trinajstić information content (AvgIpc) is 3.19. The monoisotopic (exact) mass is 482 g/mol. The maximum Gasteiger partial charge on any atom is 0.234 e. The summed E-state index contributed by atoms with van der Waals surface area (Å²) in [7, 11) is 0. The Morgan fingerprint density at radius 1 is 0.969 bits per heavy atom. The molecule has 4 rings (SSSR count). The van der Waals surface area contributed by atoms with E-state index in [-0.39, 0.29) is 11.7 Å². The zero-order valence-corrected chi connectivity index (χ0v) is 19.8. The molecule has 4 aromatic rings. The molecule has 0 bridgehead atoms. The number of carbonyl (C=O) groups is 1. The van der Waals surface area contributed by atoms with E-state index in [0.717, 1.165) is 22.4 Å². The maximum atomic E-state index is 12.6. The van der Waals surface area contributed by atoms with E-state index in [1.54, 1.807) is 12.1 Å². The summed E-state index contributed by atoms with van der Waals surface area (Å²) in [6.07, 6.45) is 0. The molecule has 0 radical (unpaired) electrons. The van der Waals surface area contributed by atoms with Gasteiger partial charge in [-0.25, -0.2) is 0 Å². The highest BCUT2D eigenvalue weighted by molar-refractivity contribution is 7.99. The third-order valence-electron chi connectivity index (χ3n) is 4.80. The maximum absolute atomic E-state index is 12.6. The molecule has 3 aromatic carbocycles. The van der Waals surface area contributed by atoms with E-state index in [4.69, 9.17) is 23.2 Å². The van der Waals surface area contributed by atoms with Gasteiger partial charge in [-0.1, -0.05) is 53.2 Å². The van der Waals surface area contributed by atoms with Gasteiger partial charge in [0.05, 0.1) is 5.75 Å². The molecule has 0 saturated heterocycles. The molecule has 1 N–H and O–H groups in total. The molecule has 1 amide bonds.